The van der Waals surface area contributed by atoms with Crippen LogP contribution in [0.4, 0.5) is 13.2 Å². The smallest absolute Gasteiger partial charge is 0.405 e. The molecule has 3 N–H and O–H groups in total. The van der Waals surface area contributed by atoms with Crippen molar-refractivity contribution in [2.24, 2.45) is 17.6 Å². The monoisotopic (exact) mass is 421 g/mol. The first kappa shape index (κ1) is 19.9. The van der Waals surface area contributed by atoms with Crippen LogP contribution in [0.2, 0.25) is 0 Å². The van der Waals surface area contributed by atoms with E-state index in [0.717, 1.165) is 37.0 Å². The number of ether oxygens (including phenoxy) is 1. The minimum atomic E-state index is -4.77. The minimum Gasteiger partial charge on any atom is -0.405 e. The molecule has 1 aromatic heterocycles. The van der Waals surface area contributed by atoms with Gasteiger partial charge in [-0.3, -0.25) is 0 Å². The van der Waals surface area contributed by atoms with Crippen LogP contribution in [0.25, 0.3) is 11.3 Å². The molecule has 30 heavy (non-hydrogen) atoms. The van der Waals surface area contributed by atoms with Gasteiger partial charge in [0.2, 0.25) is 0 Å². The average molecular weight is 421 g/mol. The molecule has 0 amide bonds. The maximum atomic E-state index is 12.9. The van der Waals surface area contributed by atoms with Crippen LogP contribution in [-0.2, 0) is 6.54 Å². The Labute approximate surface area is 173 Å². The Kier molecular flexibility index (Phi) is 5.01. The standard InChI is InChI=1S/C22H26F3N3O2/c23-22(24,25)29-18-4-2-1-3-16(18)20-17(21(30-28-20)12-5-6-12)11-27-15-9-13-7-8-14(10-15)19(13)26/h1-4,12-15,19,27H,5-11,26H2/t13-,14+,15-,19+. The van der Waals surface area contributed by atoms with Crippen LogP contribution < -0.4 is 15.8 Å². The van der Waals surface area contributed by atoms with Gasteiger partial charge < -0.3 is 20.3 Å². The maximum absolute atomic E-state index is 12.9. The van der Waals surface area contributed by atoms with Gasteiger partial charge in [-0.25, -0.2) is 0 Å². The number of nitrogens with two attached hydrogens (primary N) is 1. The first-order chi connectivity index (χ1) is 14.4. The van der Waals surface area contributed by atoms with Crippen LogP contribution in [0.1, 0.15) is 55.8 Å². The second kappa shape index (κ2) is 7.57. The molecule has 1 heterocycles. The zero-order chi connectivity index (χ0) is 20.9. The molecule has 2 aromatic rings. The molecule has 3 aliphatic carbocycles. The molecule has 5 rings (SSSR count). The van der Waals surface area contributed by atoms with E-state index in [-0.39, 0.29) is 5.75 Å². The van der Waals surface area contributed by atoms with E-state index in [1.54, 1.807) is 12.1 Å². The van der Waals surface area contributed by atoms with Gasteiger partial charge in [0, 0.05) is 35.7 Å². The van der Waals surface area contributed by atoms with Gasteiger partial charge in [0.05, 0.1) is 0 Å². The van der Waals surface area contributed by atoms with E-state index in [1.807, 2.05) is 0 Å². The Morgan fingerprint density at radius 1 is 1.10 bits per heavy atom. The van der Waals surface area contributed by atoms with Crippen molar-refractivity contribution in [3.63, 3.8) is 0 Å². The number of hydrogen-bond donors (Lipinski definition) is 2. The lowest BCUT2D eigenvalue weighted by Gasteiger charge is -2.33. The Balaban J connectivity index is 1.40. The molecule has 0 radical (unpaired) electrons. The molecule has 8 heteroatoms. The number of nitrogens with zero attached hydrogens (tertiary/aromatic N) is 1. The van der Waals surface area contributed by atoms with Crippen molar-refractivity contribution in [3.8, 4) is 17.0 Å². The summed E-state index contributed by atoms with van der Waals surface area (Å²) < 4.78 is 48.6. The fourth-order valence-corrected chi connectivity index (χ4v) is 5.23. The van der Waals surface area contributed by atoms with Crippen molar-refractivity contribution in [2.75, 3.05) is 0 Å². The molecule has 162 valence electrons. The fourth-order valence-electron chi connectivity index (χ4n) is 5.23. The first-order valence-corrected chi connectivity index (χ1v) is 10.7. The van der Waals surface area contributed by atoms with E-state index in [1.165, 1.54) is 25.0 Å². The maximum Gasteiger partial charge on any atom is 0.573 e. The van der Waals surface area contributed by atoms with E-state index < -0.39 is 6.36 Å². The van der Waals surface area contributed by atoms with Crippen molar-refractivity contribution in [2.45, 2.75) is 69.4 Å². The van der Waals surface area contributed by atoms with Gasteiger partial charge in [0.15, 0.2) is 0 Å². The number of hydrogen-bond acceptors (Lipinski definition) is 5. The molecule has 0 aliphatic heterocycles. The molecule has 1 aromatic carbocycles. The van der Waals surface area contributed by atoms with Gasteiger partial charge in [0.25, 0.3) is 0 Å². The third-order valence-electron chi connectivity index (χ3n) is 6.87. The summed E-state index contributed by atoms with van der Waals surface area (Å²) in [5, 5.41) is 7.80. The molecule has 2 bridgehead atoms. The zero-order valence-electron chi connectivity index (χ0n) is 16.6. The number of nitrogens with one attached hydrogen (secondary N) is 1. The molecule has 4 atom stereocenters. The van der Waals surface area contributed by atoms with Gasteiger partial charge >= 0.3 is 6.36 Å². The summed E-state index contributed by atoms with van der Waals surface area (Å²) in [5.41, 5.74) is 7.89. The number of rotatable bonds is 6. The third kappa shape index (κ3) is 3.95. The van der Waals surface area contributed by atoms with Crippen LogP contribution in [0.15, 0.2) is 28.8 Å². The lowest BCUT2D eigenvalue weighted by Crippen LogP contribution is -2.44. The van der Waals surface area contributed by atoms with Crippen molar-refractivity contribution < 1.29 is 22.4 Å². The Bertz CT molecular complexity index is 895. The average Bonchev–Trinajstić information content (AvgIpc) is 3.42. The van der Waals surface area contributed by atoms with Crippen molar-refractivity contribution >= 4 is 0 Å². The molecular formula is C22H26F3N3O2. The van der Waals surface area contributed by atoms with Gasteiger partial charge in [0.1, 0.15) is 17.2 Å². The van der Waals surface area contributed by atoms with E-state index in [2.05, 4.69) is 15.2 Å². The van der Waals surface area contributed by atoms with Crippen LogP contribution in [0, 0.1) is 11.8 Å². The van der Waals surface area contributed by atoms with Crippen LogP contribution in [-0.4, -0.2) is 23.6 Å². The summed E-state index contributed by atoms with van der Waals surface area (Å²) in [4.78, 5) is 0. The van der Waals surface area contributed by atoms with E-state index in [9.17, 15) is 13.2 Å². The number of benzene rings is 1. The van der Waals surface area contributed by atoms with Crippen molar-refractivity contribution in [3.05, 3.63) is 35.6 Å². The number of fused-ring (bicyclic) bond motifs is 2. The molecule has 3 aliphatic rings. The van der Waals surface area contributed by atoms with Crippen LogP contribution >= 0.6 is 0 Å². The normalized spacial score (nSPS) is 28.7. The molecular weight excluding hydrogens is 395 g/mol. The molecule has 3 saturated carbocycles. The van der Waals surface area contributed by atoms with Crippen LogP contribution in [0.5, 0.6) is 5.75 Å². The SMILES string of the molecule is N[C@H]1[C@@H]2CC[C@H]1C[C@H](NCc1c(-c3ccccc3OC(F)(F)F)noc1C1CC1)C2. The number of para-hydroxylation sites is 1. The molecule has 5 nitrogen and oxygen atoms in total. The van der Waals surface area contributed by atoms with E-state index in [0.29, 0.717) is 47.6 Å². The largest absolute Gasteiger partial charge is 0.573 e. The molecule has 3 fully saturated rings. The predicted octanol–water partition coefficient (Wildman–Crippen LogP) is 4.72. The third-order valence-corrected chi connectivity index (χ3v) is 6.87. The summed E-state index contributed by atoms with van der Waals surface area (Å²) in [6, 6.07) is 6.78. The van der Waals surface area contributed by atoms with E-state index in [4.69, 9.17) is 10.3 Å². The van der Waals surface area contributed by atoms with Crippen molar-refractivity contribution in [1.82, 2.24) is 10.5 Å². The molecule has 0 saturated heterocycles. The van der Waals surface area contributed by atoms with Gasteiger partial charge in [-0.2, -0.15) is 0 Å². The Hall–Kier alpha value is -2.06. The predicted molar refractivity (Wildman–Crippen MR) is 105 cm³/mol. The Morgan fingerprint density at radius 2 is 1.80 bits per heavy atom. The van der Waals surface area contributed by atoms with Gasteiger partial charge in [-0.05, 0) is 62.5 Å². The summed E-state index contributed by atoms with van der Waals surface area (Å²) in [7, 11) is 0. The van der Waals surface area contributed by atoms with Crippen LogP contribution in [0.3, 0.4) is 0 Å². The Morgan fingerprint density at radius 3 is 2.47 bits per heavy atom. The highest BCUT2D eigenvalue weighted by atomic mass is 19.4. The summed E-state index contributed by atoms with van der Waals surface area (Å²) in [5.74, 6) is 1.95. The molecule has 0 unspecified atom stereocenters. The highest BCUT2D eigenvalue weighted by Crippen LogP contribution is 2.46. The number of aromatic nitrogens is 1. The minimum absolute atomic E-state index is 0.261. The lowest BCUT2D eigenvalue weighted by molar-refractivity contribution is -0.274. The second-order valence-electron chi connectivity index (χ2n) is 8.92. The van der Waals surface area contributed by atoms with Crippen molar-refractivity contribution in [1.29, 1.82) is 0 Å². The summed E-state index contributed by atoms with van der Waals surface area (Å²) in [6.07, 6.45) is 1.75. The number of halogens is 3. The fraction of sp³-hybridized carbons (Fsp3) is 0.591. The second-order valence-corrected chi connectivity index (χ2v) is 8.92. The zero-order valence-corrected chi connectivity index (χ0v) is 16.6. The summed E-state index contributed by atoms with van der Waals surface area (Å²) in [6.45, 7) is 0.518. The topological polar surface area (TPSA) is 73.3 Å². The highest BCUT2D eigenvalue weighted by molar-refractivity contribution is 5.70. The molecule has 0 spiro atoms. The first-order valence-electron chi connectivity index (χ1n) is 10.7. The van der Waals surface area contributed by atoms with Gasteiger partial charge in [-0.15, -0.1) is 13.2 Å². The highest BCUT2D eigenvalue weighted by Gasteiger charge is 2.41. The summed E-state index contributed by atoms with van der Waals surface area (Å²) >= 11 is 0. The lowest BCUT2D eigenvalue weighted by atomic mass is 9.81. The van der Waals surface area contributed by atoms with E-state index >= 15 is 0 Å². The quantitative estimate of drug-likeness (QED) is 0.706. The van der Waals surface area contributed by atoms with Gasteiger partial charge in [-0.1, -0.05) is 17.3 Å². The number of alkyl halides is 3.